The Hall–Kier alpha value is -2.06. The molecule has 184 valence electrons. The summed E-state index contributed by atoms with van der Waals surface area (Å²) in [6.45, 7) is 2.17. The third-order valence-corrected chi connectivity index (χ3v) is 6.69. The van der Waals surface area contributed by atoms with Gasteiger partial charge < -0.3 is 19.5 Å². The van der Waals surface area contributed by atoms with Crippen LogP contribution in [0.15, 0.2) is 36.1 Å². The number of aliphatic hydroxyl groups is 1. The molecule has 1 aromatic rings. The summed E-state index contributed by atoms with van der Waals surface area (Å²) in [6.07, 6.45) is 2.86. The average molecular weight is 470 g/mol. The van der Waals surface area contributed by atoms with Crippen LogP contribution in [0.5, 0.6) is 0 Å². The lowest BCUT2D eigenvalue weighted by molar-refractivity contribution is -0.170. The fraction of sp³-hybridized carbons (Fsp3) is 0.640. The predicted octanol–water partition coefficient (Wildman–Crippen LogP) is 5.25. The second-order valence-electron chi connectivity index (χ2n) is 8.86. The number of hydrogen-bond donors (Lipinski definition) is 1. The molecule has 1 saturated carbocycles. The molecule has 0 aromatic heterocycles. The maximum Gasteiger partial charge on any atom is 0.416 e. The second-order valence-corrected chi connectivity index (χ2v) is 8.86. The zero-order chi connectivity index (χ0) is 24.0. The first kappa shape index (κ1) is 25.6. The summed E-state index contributed by atoms with van der Waals surface area (Å²) in [5.41, 5.74) is -0.0616. The van der Waals surface area contributed by atoms with Gasteiger partial charge in [-0.1, -0.05) is 31.4 Å². The molecule has 0 unspecified atom stereocenters. The SMILES string of the molecule is CCO[C@@H]1OC(C(=O)N(C)C2CCCCC2)=C[C@H](c2ccc(C(F)(F)F)cc2)[C@H]1CCCO. The predicted molar refractivity (Wildman–Crippen MR) is 118 cm³/mol. The average Bonchev–Trinajstić information content (AvgIpc) is 2.82. The molecule has 0 spiro atoms. The fourth-order valence-electron chi connectivity index (χ4n) is 4.84. The van der Waals surface area contributed by atoms with Crippen LogP contribution in [0, 0.1) is 5.92 Å². The van der Waals surface area contributed by atoms with Crippen LogP contribution in [-0.2, 0) is 20.4 Å². The van der Waals surface area contributed by atoms with Gasteiger partial charge in [-0.15, -0.1) is 0 Å². The molecule has 5 nitrogen and oxygen atoms in total. The molecule has 3 atom stereocenters. The molecule has 0 radical (unpaired) electrons. The van der Waals surface area contributed by atoms with Crippen LogP contribution in [-0.4, -0.2) is 48.5 Å². The van der Waals surface area contributed by atoms with Crippen molar-refractivity contribution < 1.29 is 32.5 Å². The van der Waals surface area contributed by atoms with Crippen molar-refractivity contribution in [3.63, 3.8) is 0 Å². The largest absolute Gasteiger partial charge is 0.459 e. The number of hydrogen-bond acceptors (Lipinski definition) is 4. The van der Waals surface area contributed by atoms with E-state index in [4.69, 9.17) is 9.47 Å². The molecule has 1 amide bonds. The van der Waals surface area contributed by atoms with Gasteiger partial charge in [0.1, 0.15) is 0 Å². The van der Waals surface area contributed by atoms with E-state index in [9.17, 15) is 23.1 Å². The van der Waals surface area contributed by atoms with Crippen molar-refractivity contribution in [1.29, 1.82) is 0 Å². The van der Waals surface area contributed by atoms with Gasteiger partial charge in [0.2, 0.25) is 6.29 Å². The van der Waals surface area contributed by atoms with Gasteiger partial charge in [0.15, 0.2) is 5.76 Å². The van der Waals surface area contributed by atoms with E-state index in [1.807, 2.05) is 6.92 Å². The number of ether oxygens (including phenoxy) is 2. The van der Waals surface area contributed by atoms with Crippen LogP contribution in [0.2, 0.25) is 0 Å². The number of alkyl halides is 3. The molecule has 0 saturated heterocycles. The monoisotopic (exact) mass is 469 g/mol. The van der Waals surface area contributed by atoms with Gasteiger partial charge in [0, 0.05) is 38.1 Å². The summed E-state index contributed by atoms with van der Waals surface area (Å²) in [5, 5.41) is 9.37. The Morgan fingerprint density at radius 1 is 1.18 bits per heavy atom. The highest BCUT2D eigenvalue weighted by atomic mass is 19.4. The minimum absolute atomic E-state index is 0.0189. The minimum atomic E-state index is -4.42. The number of carbonyl (C=O) groups is 1. The van der Waals surface area contributed by atoms with E-state index < -0.39 is 18.0 Å². The molecule has 1 N–H and O–H groups in total. The van der Waals surface area contributed by atoms with E-state index in [2.05, 4.69) is 0 Å². The highest BCUT2D eigenvalue weighted by molar-refractivity contribution is 5.91. The van der Waals surface area contributed by atoms with Crippen molar-refractivity contribution in [2.45, 2.75) is 76.3 Å². The number of rotatable bonds is 8. The van der Waals surface area contributed by atoms with Crippen molar-refractivity contribution in [3.05, 3.63) is 47.2 Å². The van der Waals surface area contributed by atoms with Crippen molar-refractivity contribution in [2.24, 2.45) is 5.92 Å². The quantitative estimate of drug-likeness (QED) is 0.565. The Bertz CT molecular complexity index is 803. The first-order valence-corrected chi connectivity index (χ1v) is 11.8. The number of likely N-dealkylation sites (N-methyl/N-ethyl adjacent to an activating group) is 1. The number of benzene rings is 1. The molecule has 2 aliphatic rings. The van der Waals surface area contributed by atoms with Gasteiger partial charge >= 0.3 is 6.18 Å². The zero-order valence-corrected chi connectivity index (χ0v) is 19.3. The summed E-state index contributed by atoms with van der Waals surface area (Å²) in [7, 11) is 1.78. The van der Waals surface area contributed by atoms with E-state index >= 15 is 0 Å². The lowest BCUT2D eigenvalue weighted by atomic mass is 9.80. The maximum absolute atomic E-state index is 13.3. The Morgan fingerprint density at radius 3 is 2.42 bits per heavy atom. The standard InChI is InChI=1S/C25H34F3NO4/c1-3-32-24-20(10-7-15-30)21(17-11-13-18(14-12-17)25(26,27)28)16-22(33-24)23(31)29(2)19-8-5-4-6-9-19/h11-14,16,19-21,24,30H,3-10,15H2,1-2H3/t20-,21-,24-/m1/s1. The highest BCUT2D eigenvalue weighted by Crippen LogP contribution is 2.41. The first-order chi connectivity index (χ1) is 15.8. The molecule has 1 aromatic carbocycles. The van der Waals surface area contributed by atoms with E-state index in [-0.39, 0.29) is 36.2 Å². The summed E-state index contributed by atoms with van der Waals surface area (Å²) >= 11 is 0. The van der Waals surface area contributed by atoms with E-state index in [1.54, 1.807) is 18.0 Å². The van der Waals surface area contributed by atoms with Crippen molar-refractivity contribution in [1.82, 2.24) is 4.90 Å². The van der Waals surface area contributed by atoms with E-state index in [0.29, 0.717) is 25.0 Å². The summed E-state index contributed by atoms with van der Waals surface area (Å²) in [6, 6.07) is 5.19. The number of nitrogens with zero attached hydrogens (tertiary/aromatic N) is 1. The zero-order valence-electron chi connectivity index (χ0n) is 19.3. The number of allylic oxidation sites excluding steroid dienone is 1. The molecule has 8 heteroatoms. The number of amides is 1. The molecule has 1 aliphatic heterocycles. The number of aliphatic hydroxyl groups excluding tert-OH is 1. The fourth-order valence-corrected chi connectivity index (χ4v) is 4.84. The normalized spacial score (nSPS) is 24.2. The molecular formula is C25H34F3NO4. The topological polar surface area (TPSA) is 59.0 Å². The van der Waals surface area contributed by atoms with Crippen molar-refractivity contribution in [3.8, 4) is 0 Å². The van der Waals surface area contributed by atoms with Gasteiger partial charge in [-0.3, -0.25) is 4.79 Å². The van der Waals surface area contributed by atoms with Crippen LogP contribution in [0.4, 0.5) is 13.2 Å². The molecule has 1 fully saturated rings. The van der Waals surface area contributed by atoms with Crippen molar-refractivity contribution >= 4 is 5.91 Å². The van der Waals surface area contributed by atoms with Crippen LogP contribution in [0.1, 0.15) is 68.9 Å². The maximum atomic E-state index is 13.3. The van der Waals surface area contributed by atoms with Gasteiger partial charge in [-0.2, -0.15) is 13.2 Å². The van der Waals surface area contributed by atoms with E-state index in [1.165, 1.54) is 18.6 Å². The van der Waals surface area contributed by atoms with Crippen molar-refractivity contribution in [2.75, 3.05) is 20.3 Å². The second kappa shape index (κ2) is 11.4. The van der Waals surface area contributed by atoms with E-state index in [0.717, 1.165) is 37.8 Å². The van der Waals surface area contributed by atoms with Crippen LogP contribution in [0.25, 0.3) is 0 Å². The molecular weight excluding hydrogens is 435 g/mol. The van der Waals surface area contributed by atoms with Crippen LogP contribution < -0.4 is 0 Å². The molecule has 0 bridgehead atoms. The molecule has 33 heavy (non-hydrogen) atoms. The summed E-state index contributed by atoms with van der Waals surface area (Å²) in [5.74, 6) is -0.677. The Labute approximate surface area is 193 Å². The number of carbonyl (C=O) groups excluding carboxylic acids is 1. The molecule has 3 rings (SSSR count). The summed E-state index contributed by atoms with van der Waals surface area (Å²) < 4.78 is 51.1. The first-order valence-electron chi connectivity index (χ1n) is 11.8. The van der Waals surface area contributed by atoms with Crippen LogP contribution >= 0.6 is 0 Å². The Morgan fingerprint density at radius 2 is 1.85 bits per heavy atom. The molecule has 1 heterocycles. The Balaban J connectivity index is 1.93. The lowest BCUT2D eigenvalue weighted by Gasteiger charge is -2.39. The smallest absolute Gasteiger partial charge is 0.416 e. The lowest BCUT2D eigenvalue weighted by Crippen LogP contribution is -2.43. The Kier molecular flexibility index (Phi) is 8.82. The molecule has 1 aliphatic carbocycles. The minimum Gasteiger partial charge on any atom is -0.459 e. The van der Waals surface area contributed by atoms with Gasteiger partial charge in [0.05, 0.1) is 5.56 Å². The van der Waals surface area contributed by atoms with Crippen LogP contribution in [0.3, 0.4) is 0 Å². The van der Waals surface area contributed by atoms with Gasteiger partial charge in [-0.05, 0) is 56.4 Å². The highest BCUT2D eigenvalue weighted by Gasteiger charge is 2.39. The van der Waals surface area contributed by atoms with Gasteiger partial charge in [0.25, 0.3) is 5.91 Å². The van der Waals surface area contributed by atoms with Gasteiger partial charge in [-0.25, -0.2) is 0 Å². The third-order valence-electron chi connectivity index (χ3n) is 6.69. The number of halogens is 3. The third kappa shape index (κ3) is 6.29. The summed E-state index contributed by atoms with van der Waals surface area (Å²) in [4.78, 5) is 15.0.